The normalized spacial score (nSPS) is 19.5. The number of nitro benzene ring substituents is 1. The van der Waals surface area contributed by atoms with Crippen LogP contribution in [0.2, 0.25) is 0 Å². The van der Waals surface area contributed by atoms with E-state index in [-0.39, 0.29) is 19.3 Å². The van der Waals surface area contributed by atoms with E-state index in [2.05, 4.69) is 0 Å². The van der Waals surface area contributed by atoms with Crippen LogP contribution in [0, 0.1) is 16.0 Å². The van der Waals surface area contributed by atoms with Crippen LogP contribution >= 0.6 is 0 Å². The lowest BCUT2D eigenvalue weighted by molar-refractivity contribution is -0.385. The molecule has 0 aromatic heterocycles. The predicted octanol–water partition coefficient (Wildman–Crippen LogP) is 1.12. The number of carbonyl (C=O) groups is 3. The molecule has 9 heteroatoms. The summed E-state index contributed by atoms with van der Waals surface area (Å²) in [5.74, 6) is -4.38. The Morgan fingerprint density at radius 3 is 2.48 bits per heavy atom. The molecule has 8 nitrogen and oxygen atoms in total. The zero-order valence-corrected chi connectivity index (χ0v) is 12.4. The highest BCUT2D eigenvalue weighted by atomic mass is 32.2. The number of hydrogen-bond donors (Lipinski definition) is 0. The number of ketones is 3. The summed E-state index contributed by atoms with van der Waals surface area (Å²) in [5.41, 5.74) is -2.06. The minimum absolute atomic E-state index is 0.0603. The Bertz CT molecular complexity index is 952. The molecular weight excluding hydrogens is 326 g/mol. The fourth-order valence-corrected chi connectivity index (χ4v) is 2.79. The molecule has 1 aromatic carbocycles. The first-order chi connectivity index (χ1) is 12.3. The van der Waals surface area contributed by atoms with Gasteiger partial charge in [-0.15, -0.1) is 0 Å². The highest BCUT2D eigenvalue weighted by molar-refractivity contribution is 7.90. The van der Waals surface area contributed by atoms with Crippen molar-refractivity contribution in [1.82, 2.24) is 0 Å². The third-order valence-electron chi connectivity index (χ3n) is 3.39. The van der Waals surface area contributed by atoms with Gasteiger partial charge in [0.05, 0.1) is 16.8 Å². The van der Waals surface area contributed by atoms with Crippen LogP contribution in [-0.4, -0.2) is 36.9 Å². The molecule has 122 valence electrons. The van der Waals surface area contributed by atoms with Gasteiger partial charge in [0.15, 0.2) is 27.2 Å². The minimum atomic E-state index is -5.09. The zero-order valence-electron chi connectivity index (χ0n) is 15.6. The van der Waals surface area contributed by atoms with E-state index in [4.69, 9.17) is 5.48 Å². The second-order valence-corrected chi connectivity index (χ2v) is 6.38. The largest absolute Gasteiger partial charge is 0.298 e. The van der Waals surface area contributed by atoms with Gasteiger partial charge in [0.2, 0.25) is 0 Å². The third kappa shape index (κ3) is 3.34. The Morgan fingerprint density at radius 1 is 1.35 bits per heavy atom. The first-order valence-electron chi connectivity index (χ1n) is 8.43. The quantitative estimate of drug-likeness (QED) is 0.347. The molecule has 0 spiro atoms. The number of carbonyl (C=O) groups excluding carboxylic acids is 3. The molecule has 1 aromatic rings. The van der Waals surface area contributed by atoms with E-state index in [0.717, 1.165) is 0 Å². The number of benzene rings is 1. The molecule has 1 aliphatic carbocycles. The monoisotopic (exact) mass is 343 g/mol. The van der Waals surface area contributed by atoms with Crippen LogP contribution in [0.4, 0.5) is 5.69 Å². The number of sulfone groups is 1. The van der Waals surface area contributed by atoms with Gasteiger partial charge in [0.1, 0.15) is 5.92 Å². The van der Waals surface area contributed by atoms with Crippen LogP contribution in [-0.2, 0) is 19.4 Å². The van der Waals surface area contributed by atoms with Crippen LogP contribution < -0.4 is 0 Å². The Kier molecular flexibility index (Phi) is 3.14. The van der Waals surface area contributed by atoms with Crippen molar-refractivity contribution in [3.63, 3.8) is 0 Å². The fraction of sp³-hybridized carbons (Fsp3) is 0.357. The Morgan fingerprint density at radius 2 is 1.96 bits per heavy atom. The summed E-state index contributed by atoms with van der Waals surface area (Å²) >= 11 is 0. The van der Waals surface area contributed by atoms with Gasteiger partial charge in [-0.25, -0.2) is 8.42 Å². The number of Topliss-reactive ketones (excluding diaryl/α,β-unsaturated/α-hetero) is 3. The molecule has 1 saturated carbocycles. The van der Waals surface area contributed by atoms with E-state index in [1.54, 1.807) is 0 Å². The Labute approximate surface area is 137 Å². The predicted molar refractivity (Wildman–Crippen MR) is 77.9 cm³/mol. The van der Waals surface area contributed by atoms with E-state index in [9.17, 15) is 32.9 Å². The Hall–Kier alpha value is -2.42. The lowest BCUT2D eigenvalue weighted by Gasteiger charge is -2.18. The lowest BCUT2D eigenvalue weighted by Crippen LogP contribution is -2.35. The summed E-state index contributed by atoms with van der Waals surface area (Å²) in [7, 11) is -5.09. The van der Waals surface area contributed by atoms with Gasteiger partial charge in [-0.05, 0) is 18.6 Å². The average Bonchev–Trinajstić information content (AvgIpc) is 2.52. The molecule has 0 amide bonds. The highest BCUT2D eigenvalue weighted by Crippen LogP contribution is 2.28. The van der Waals surface area contributed by atoms with Gasteiger partial charge < -0.3 is 0 Å². The summed E-state index contributed by atoms with van der Waals surface area (Å²) < 4.78 is 52.9. The van der Waals surface area contributed by atoms with E-state index < -0.39 is 66.4 Å². The van der Waals surface area contributed by atoms with Crippen LogP contribution in [0.1, 0.15) is 35.1 Å². The van der Waals surface area contributed by atoms with Crippen molar-refractivity contribution >= 4 is 32.9 Å². The highest BCUT2D eigenvalue weighted by Gasteiger charge is 2.39. The van der Waals surface area contributed by atoms with Crippen molar-refractivity contribution in [2.45, 2.75) is 24.2 Å². The summed E-state index contributed by atoms with van der Waals surface area (Å²) in [6.45, 7) is 0. The minimum Gasteiger partial charge on any atom is -0.298 e. The second kappa shape index (κ2) is 5.99. The molecule has 23 heavy (non-hydrogen) atoms. The number of nitro groups is 1. The summed E-state index contributed by atoms with van der Waals surface area (Å²) in [6.07, 6.45) is -3.44. The van der Waals surface area contributed by atoms with Crippen molar-refractivity contribution in [2.24, 2.45) is 5.92 Å². The van der Waals surface area contributed by atoms with Crippen LogP contribution in [0.5, 0.6) is 0 Å². The first kappa shape index (κ1) is 12.1. The summed E-state index contributed by atoms with van der Waals surface area (Å²) in [4.78, 5) is 45.4. The summed E-state index contributed by atoms with van der Waals surface area (Å²) in [5, 5.41) is 11.3. The third-order valence-corrected chi connectivity index (χ3v) is 4.21. The van der Waals surface area contributed by atoms with Gasteiger partial charge in [-0.3, -0.25) is 24.5 Å². The van der Waals surface area contributed by atoms with E-state index in [1.807, 2.05) is 0 Å². The maximum atomic E-state index is 12.6. The molecule has 0 heterocycles. The maximum Gasteiger partial charge on any atom is 0.281 e. The molecule has 1 aliphatic rings. The van der Waals surface area contributed by atoms with Crippen LogP contribution in [0.3, 0.4) is 0 Å². The molecule has 0 saturated heterocycles. The van der Waals surface area contributed by atoms with Gasteiger partial charge in [0.25, 0.3) is 5.69 Å². The van der Waals surface area contributed by atoms with E-state index >= 15 is 0 Å². The molecular formula is C14H13NO7S. The van der Waals surface area contributed by atoms with E-state index in [1.165, 1.54) is 0 Å². The van der Waals surface area contributed by atoms with Crippen LogP contribution in [0.25, 0.3) is 0 Å². The van der Waals surface area contributed by atoms with E-state index in [0.29, 0.717) is 12.1 Å². The molecule has 2 rings (SSSR count). The van der Waals surface area contributed by atoms with Crippen LogP contribution in [0.15, 0.2) is 23.1 Å². The topological polar surface area (TPSA) is 128 Å². The Balaban J connectivity index is 2.68. The zero-order chi connectivity index (χ0) is 20.7. The SMILES string of the molecule is [2H]c1c(S(=O)(=O)C([2H])([2H])[2H])ccc(C(=O)C2C(=O)CCCC2=O)c1[N+](=O)[O-]. The van der Waals surface area contributed by atoms with Crippen molar-refractivity contribution in [3.8, 4) is 0 Å². The number of rotatable bonds is 4. The molecule has 0 radical (unpaired) electrons. The maximum absolute atomic E-state index is 12.6. The second-order valence-electron chi connectivity index (χ2n) is 4.93. The lowest BCUT2D eigenvalue weighted by atomic mass is 9.81. The van der Waals surface area contributed by atoms with Gasteiger partial charge in [-0.1, -0.05) is 0 Å². The van der Waals surface area contributed by atoms with Gasteiger partial charge in [-0.2, -0.15) is 0 Å². The molecule has 0 atom stereocenters. The number of hydrogen-bond acceptors (Lipinski definition) is 7. The fourth-order valence-electron chi connectivity index (χ4n) is 2.32. The van der Waals surface area contributed by atoms with Gasteiger partial charge in [0, 0.05) is 29.2 Å². The average molecular weight is 343 g/mol. The standard InChI is InChI=1S/C14H13NO7S/c1-23(21,22)8-5-6-9(10(7-8)15(19)20)14(18)13-11(16)3-2-4-12(13)17/h5-7,13H,2-4H2,1H3/i1D3,7D. The summed E-state index contributed by atoms with van der Waals surface area (Å²) in [6, 6.07) is -0.0494. The van der Waals surface area contributed by atoms with Crippen molar-refractivity contribution < 1.29 is 33.2 Å². The first-order valence-corrected chi connectivity index (χ1v) is 7.91. The molecule has 0 N–H and O–H groups in total. The molecule has 0 bridgehead atoms. The van der Waals surface area contributed by atoms with Gasteiger partial charge >= 0.3 is 0 Å². The van der Waals surface area contributed by atoms with Crippen molar-refractivity contribution in [3.05, 3.63) is 33.9 Å². The molecule has 0 aliphatic heterocycles. The smallest absolute Gasteiger partial charge is 0.281 e. The number of nitrogens with zero attached hydrogens (tertiary/aromatic N) is 1. The van der Waals surface area contributed by atoms with Crippen molar-refractivity contribution in [2.75, 3.05) is 6.18 Å². The molecule has 1 fully saturated rings. The molecule has 0 unspecified atom stereocenters. The van der Waals surface area contributed by atoms with Crippen molar-refractivity contribution in [1.29, 1.82) is 0 Å².